The van der Waals surface area contributed by atoms with Crippen molar-refractivity contribution in [2.45, 2.75) is 0 Å². The van der Waals surface area contributed by atoms with Crippen molar-refractivity contribution < 1.29 is 9.90 Å². The number of anilines is 1. The van der Waals surface area contributed by atoms with Crippen molar-refractivity contribution in [3.05, 3.63) is 5.69 Å². The van der Waals surface area contributed by atoms with Gasteiger partial charge < -0.3 is 15.6 Å². The lowest BCUT2D eigenvalue weighted by atomic mass is 10.4. The van der Waals surface area contributed by atoms with Crippen LogP contribution in [0.25, 0.3) is 0 Å². The Bertz CT molecular complexity index is 233. The average Bonchev–Trinajstić information content (AvgIpc) is 2.13. The standard InChI is InChI=1S/C3H3N3O2S/c4-2-1(3(7)8)5-9-6-2/h(H2,4,6)(H,7,8)/p-1. The van der Waals surface area contributed by atoms with Gasteiger partial charge in [-0.15, -0.1) is 0 Å². The Morgan fingerprint density at radius 2 is 2.33 bits per heavy atom. The Balaban J connectivity index is 3.08. The number of hydrogen-bond acceptors (Lipinski definition) is 6. The molecule has 0 saturated carbocycles. The predicted octanol–water partition coefficient (Wildman–Crippen LogP) is -1.52. The first-order chi connectivity index (χ1) is 4.22. The summed E-state index contributed by atoms with van der Waals surface area (Å²) in [6.07, 6.45) is 0. The van der Waals surface area contributed by atoms with Gasteiger partial charge in [-0.3, -0.25) is 0 Å². The number of nitrogens with zero attached hydrogens (tertiary/aromatic N) is 2. The number of aromatic carboxylic acids is 1. The van der Waals surface area contributed by atoms with Gasteiger partial charge >= 0.3 is 0 Å². The fourth-order valence-electron chi connectivity index (χ4n) is 0.337. The highest BCUT2D eigenvalue weighted by Crippen LogP contribution is 2.04. The van der Waals surface area contributed by atoms with Crippen LogP contribution < -0.4 is 10.8 Å². The van der Waals surface area contributed by atoms with E-state index in [2.05, 4.69) is 8.75 Å². The van der Waals surface area contributed by atoms with E-state index >= 15 is 0 Å². The zero-order valence-electron chi connectivity index (χ0n) is 4.20. The summed E-state index contributed by atoms with van der Waals surface area (Å²) < 4.78 is 6.78. The lowest BCUT2D eigenvalue weighted by molar-refractivity contribution is -0.255. The van der Waals surface area contributed by atoms with Gasteiger partial charge in [0.1, 0.15) is 5.69 Å². The second-order valence-corrected chi connectivity index (χ2v) is 1.81. The molecule has 1 aromatic heterocycles. The molecule has 1 heterocycles. The van der Waals surface area contributed by atoms with E-state index in [9.17, 15) is 9.90 Å². The van der Waals surface area contributed by atoms with E-state index in [0.29, 0.717) is 0 Å². The molecule has 0 radical (unpaired) electrons. The highest BCUT2D eigenvalue weighted by Gasteiger charge is 2.02. The molecule has 2 N–H and O–H groups in total. The lowest BCUT2D eigenvalue weighted by Crippen LogP contribution is -2.23. The number of aromatic nitrogens is 2. The van der Waals surface area contributed by atoms with E-state index in [1.807, 2.05) is 0 Å². The van der Waals surface area contributed by atoms with E-state index < -0.39 is 5.97 Å². The van der Waals surface area contributed by atoms with Crippen molar-refractivity contribution in [1.82, 2.24) is 8.75 Å². The molecule has 1 rings (SSSR count). The molecule has 0 bridgehead atoms. The summed E-state index contributed by atoms with van der Waals surface area (Å²) in [5.74, 6) is -1.47. The van der Waals surface area contributed by atoms with Crippen molar-refractivity contribution in [2.24, 2.45) is 0 Å². The highest BCUT2D eigenvalue weighted by molar-refractivity contribution is 6.99. The third-order valence-corrected chi connectivity index (χ3v) is 1.25. The van der Waals surface area contributed by atoms with Gasteiger partial charge in [0.25, 0.3) is 0 Å². The Hall–Kier alpha value is -1.17. The summed E-state index contributed by atoms with van der Waals surface area (Å²) in [5, 5.41) is 10.00. The first-order valence-electron chi connectivity index (χ1n) is 2.01. The molecule has 0 saturated heterocycles. The van der Waals surface area contributed by atoms with Crippen molar-refractivity contribution in [2.75, 3.05) is 5.73 Å². The summed E-state index contributed by atoms with van der Waals surface area (Å²) >= 11 is 0.749. The molecule has 0 aliphatic heterocycles. The number of carboxylic acids is 1. The topological polar surface area (TPSA) is 91.9 Å². The van der Waals surface area contributed by atoms with Gasteiger partial charge in [0.05, 0.1) is 17.7 Å². The molecule has 0 amide bonds. The van der Waals surface area contributed by atoms with Crippen LogP contribution in [0.5, 0.6) is 0 Å². The maximum atomic E-state index is 10.00. The Kier molecular flexibility index (Phi) is 1.31. The maximum Gasteiger partial charge on any atom is 0.166 e. The molecule has 6 heteroatoms. The Morgan fingerprint density at radius 3 is 2.56 bits per heavy atom. The molecule has 1 aromatic rings. The number of carboxylic acid groups (broad SMARTS) is 1. The van der Waals surface area contributed by atoms with Crippen LogP contribution >= 0.6 is 11.7 Å². The van der Waals surface area contributed by atoms with Gasteiger partial charge in [-0.05, 0) is 0 Å². The SMILES string of the molecule is Nc1nsnc1C(=O)[O-]. The fourth-order valence-corrected chi connectivity index (χ4v) is 0.802. The third kappa shape index (κ3) is 0.968. The molecule has 5 nitrogen and oxygen atoms in total. The number of carbonyl (C=O) groups excluding carboxylic acids is 1. The molecule has 0 aliphatic rings. The van der Waals surface area contributed by atoms with Crippen molar-refractivity contribution in [3.8, 4) is 0 Å². The first kappa shape index (κ1) is 5.96. The molecular weight excluding hydrogens is 142 g/mol. The van der Waals surface area contributed by atoms with Gasteiger partial charge in [-0.2, -0.15) is 8.75 Å². The van der Waals surface area contributed by atoms with E-state index in [1.165, 1.54) is 0 Å². The Morgan fingerprint density at radius 1 is 1.67 bits per heavy atom. The molecular formula is C3H2N3O2S-. The van der Waals surface area contributed by atoms with Gasteiger partial charge in [-0.25, -0.2) is 0 Å². The van der Waals surface area contributed by atoms with Crippen LogP contribution in [-0.4, -0.2) is 14.7 Å². The summed E-state index contributed by atoms with van der Waals surface area (Å²) in [4.78, 5) is 10.00. The van der Waals surface area contributed by atoms with Crippen molar-refractivity contribution in [1.29, 1.82) is 0 Å². The predicted molar refractivity (Wildman–Crippen MR) is 28.7 cm³/mol. The zero-order valence-corrected chi connectivity index (χ0v) is 5.01. The molecule has 48 valence electrons. The van der Waals surface area contributed by atoms with Crippen LogP contribution in [0.1, 0.15) is 10.5 Å². The second kappa shape index (κ2) is 1.98. The summed E-state index contributed by atoms with van der Waals surface area (Å²) in [6, 6.07) is 0. The number of nitrogens with two attached hydrogens (primary N) is 1. The van der Waals surface area contributed by atoms with Crippen LogP contribution in [0, 0.1) is 0 Å². The Labute approximate surface area is 54.5 Å². The van der Waals surface area contributed by atoms with Crippen LogP contribution in [0.15, 0.2) is 0 Å². The van der Waals surface area contributed by atoms with Gasteiger partial charge in [0, 0.05) is 0 Å². The van der Waals surface area contributed by atoms with Crippen LogP contribution in [-0.2, 0) is 0 Å². The molecule has 0 fully saturated rings. The number of carbonyl (C=O) groups is 1. The largest absolute Gasteiger partial charge is 0.543 e. The van der Waals surface area contributed by atoms with E-state index in [0.717, 1.165) is 11.7 Å². The minimum atomic E-state index is -1.39. The van der Waals surface area contributed by atoms with Crippen molar-refractivity contribution in [3.63, 3.8) is 0 Å². The van der Waals surface area contributed by atoms with Gasteiger partial charge in [0.2, 0.25) is 0 Å². The highest BCUT2D eigenvalue weighted by atomic mass is 32.1. The molecule has 0 atom stereocenters. The second-order valence-electron chi connectivity index (χ2n) is 1.29. The summed E-state index contributed by atoms with van der Waals surface area (Å²) in [7, 11) is 0. The first-order valence-corrected chi connectivity index (χ1v) is 2.74. The number of hydrogen-bond donors (Lipinski definition) is 1. The van der Waals surface area contributed by atoms with E-state index in [4.69, 9.17) is 5.73 Å². The van der Waals surface area contributed by atoms with Crippen LogP contribution in [0.2, 0.25) is 0 Å². The van der Waals surface area contributed by atoms with Crippen molar-refractivity contribution >= 4 is 23.5 Å². The number of rotatable bonds is 1. The van der Waals surface area contributed by atoms with Crippen LogP contribution in [0.4, 0.5) is 5.82 Å². The van der Waals surface area contributed by atoms with Gasteiger partial charge in [0.15, 0.2) is 5.82 Å². The maximum absolute atomic E-state index is 10.00. The lowest BCUT2D eigenvalue weighted by Gasteiger charge is -1.93. The molecule has 9 heavy (non-hydrogen) atoms. The fraction of sp³-hybridized carbons (Fsp3) is 0. The van der Waals surface area contributed by atoms with Gasteiger partial charge in [-0.1, -0.05) is 0 Å². The summed E-state index contributed by atoms with van der Waals surface area (Å²) in [5.41, 5.74) is 4.78. The average molecular weight is 144 g/mol. The monoisotopic (exact) mass is 144 g/mol. The zero-order chi connectivity index (χ0) is 6.85. The van der Waals surface area contributed by atoms with E-state index in [1.54, 1.807) is 0 Å². The minimum absolute atomic E-state index is 0.0833. The minimum Gasteiger partial charge on any atom is -0.543 e. The molecule has 0 aliphatic carbocycles. The summed E-state index contributed by atoms with van der Waals surface area (Å²) in [6.45, 7) is 0. The normalized spacial score (nSPS) is 9.33. The third-order valence-electron chi connectivity index (χ3n) is 0.707. The molecule has 0 aromatic carbocycles. The molecule has 0 spiro atoms. The molecule has 0 unspecified atom stereocenters. The van der Waals surface area contributed by atoms with E-state index in [-0.39, 0.29) is 11.5 Å². The van der Waals surface area contributed by atoms with Crippen LogP contribution in [0.3, 0.4) is 0 Å². The smallest absolute Gasteiger partial charge is 0.166 e. The quantitative estimate of drug-likeness (QED) is 0.517. The number of nitrogen functional groups attached to an aromatic ring is 1.